The summed E-state index contributed by atoms with van der Waals surface area (Å²) in [4.78, 5) is 15.9. The Balaban J connectivity index is 1.25. The fourth-order valence-electron chi connectivity index (χ4n) is 11.1. The van der Waals surface area contributed by atoms with Crippen LogP contribution in [-0.2, 0) is 4.74 Å². The normalized spacial score (nSPS) is 39.1. The van der Waals surface area contributed by atoms with Gasteiger partial charge in [-0.05, 0) is 123 Å². The lowest BCUT2D eigenvalue weighted by atomic mass is 9.45. The van der Waals surface area contributed by atoms with E-state index in [-0.39, 0.29) is 17.5 Å². The van der Waals surface area contributed by atoms with Crippen molar-refractivity contribution in [1.82, 2.24) is 4.90 Å². The minimum atomic E-state index is -0.154. The number of carbonyl (C=O) groups excluding carboxylic acids is 1. The van der Waals surface area contributed by atoms with Crippen LogP contribution in [0.25, 0.3) is 0 Å². The van der Waals surface area contributed by atoms with E-state index >= 15 is 0 Å². The highest BCUT2D eigenvalue weighted by Gasteiger charge is 2.62. The minimum Gasteiger partial charge on any atom is -0.458 e. The first-order valence-electron chi connectivity index (χ1n) is 17.9. The molecule has 3 heteroatoms. The van der Waals surface area contributed by atoms with E-state index in [1.807, 2.05) is 30.3 Å². The highest BCUT2D eigenvalue weighted by molar-refractivity contribution is 5.89. The third-order valence-electron chi connectivity index (χ3n) is 13.4. The van der Waals surface area contributed by atoms with Crippen LogP contribution < -0.4 is 0 Å². The predicted molar refractivity (Wildman–Crippen MR) is 173 cm³/mol. The Labute approximate surface area is 257 Å². The first kappa shape index (κ1) is 30.4. The molecule has 0 spiro atoms. The minimum absolute atomic E-state index is 0.00648. The van der Waals surface area contributed by atoms with Gasteiger partial charge in [-0.3, -0.25) is 4.90 Å². The summed E-state index contributed by atoms with van der Waals surface area (Å²) in [5.41, 5.74) is 3.05. The van der Waals surface area contributed by atoms with Gasteiger partial charge in [-0.1, -0.05) is 90.2 Å². The molecule has 9 atom stereocenters. The van der Waals surface area contributed by atoms with Crippen molar-refractivity contribution in [2.24, 2.45) is 46.3 Å². The highest BCUT2D eigenvalue weighted by Crippen LogP contribution is 2.68. The van der Waals surface area contributed by atoms with Crippen molar-refractivity contribution in [3.05, 3.63) is 47.5 Å². The molecule has 0 N–H and O–H groups in total. The van der Waals surface area contributed by atoms with Crippen molar-refractivity contribution >= 4 is 5.97 Å². The number of fused-ring (bicyclic) bond motifs is 5. The van der Waals surface area contributed by atoms with Crippen molar-refractivity contribution in [3.8, 4) is 0 Å². The Kier molecular flexibility index (Phi) is 8.99. The maximum atomic E-state index is 13.0. The second kappa shape index (κ2) is 12.4. The molecule has 1 aromatic carbocycles. The summed E-state index contributed by atoms with van der Waals surface area (Å²) in [6.07, 6.45) is 19.9. The number of piperidine rings is 1. The van der Waals surface area contributed by atoms with Crippen LogP contribution in [0, 0.1) is 46.3 Å². The molecule has 232 valence electrons. The standard InChI is InChI=1S/C39H59NO2/c1-27(2)13-12-14-28(3)32-17-18-33-36-34(20-22-39(32,33)5)38(4)21-19-31(42-37(41)29-15-8-6-9-16-29)25-30(38)26-35(36)40-23-10-7-11-24-40/h6,8-9,15-16,26-28,31-36H,7,10-14,17-25H2,1-5H3/t28?,31?,32?,33?,34?,35-,36?,38?,39?/m1/s1. The van der Waals surface area contributed by atoms with Gasteiger partial charge < -0.3 is 4.74 Å². The maximum absolute atomic E-state index is 13.0. The number of rotatable bonds is 8. The van der Waals surface area contributed by atoms with E-state index in [4.69, 9.17) is 4.74 Å². The number of esters is 1. The average Bonchev–Trinajstić information content (AvgIpc) is 3.35. The number of benzene rings is 1. The van der Waals surface area contributed by atoms with E-state index in [9.17, 15) is 4.79 Å². The van der Waals surface area contributed by atoms with Crippen LogP contribution in [0.5, 0.6) is 0 Å². The molecule has 8 unspecified atom stereocenters. The number of nitrogens with zero attached hydrogens (tertiary/aromatic N) is 1. The summed E-state index contributed by atoms with van der Waals surface area (Å²) in [7, 11) is 0. The molecule has 4 fully saturated rings. The third kappa shape index (κ3) is 5.66. The lowest BCUT2D eigenvalue weighted by Gasteiger charge is -2.62. The first-order chi connectivity index (χ1) is 20.2. The van der Waals surface area contributed by atoms with Crippen LogP contribution in [0.2, 0.25) is 0 Å². The Bertz CT molecular complexity index is 1100. The molecule has 3 nitrogen and oxygen atoms in total. The van der Waals surface area contributed by atoms with Crippen LogP contribution in [-0.4, -0.2) is 36.1 Å². The van der Waals surface area contributed by atoms with Crippen molar-refractivity contribution in [1.29, 1.82) is 0 Å². The Morgan fingerprint density at radius 3 is 2.43 bits per heavy atom. The highest BCUT2D eigenvalue weighted by atomic mass is 16.5. The zero-order chi connectivity index (χ0) is 29.5. The molecule has 0 aromatic heterocycles. The topological polar surface area (TPSA) is 29.5 Å². The van der Waals surface area contributed by atoms with Gasteiger partial charge in [0.25, 0.3) is 0 Å². The number of ether oxygens (including phenoxy) is 1. The zero-order valence-electron chi connectivity index (χ0n) is 27.5. The molecular formula is C39H59NO2. The first-order valence-corrected chi connectivity index (χ1v) is 17.9. The number of hydrogen-bond donors (Lipinski definition) is 0. The summed E-state index contributed by atoms with van der Waals surface area (Å²) in [6.45, 7) is 15.2. The van der Waals surface area contributed by atoms with Crippen LogP contribution in [0.15, 0.2) is 42.0 Å². The second-order valence-corrected chi connectivity index (χ2v) is 16.2. The molecule has 1 heterocycles. The van der Waals surface area contributed by atoms with E-state index in [0.29, 0.717) is 17.0 Å². The molecular weight excluding hydrogens is 514 g/mol. The van der Waals surface area contributed by atoms with E-state index in [0.717, 1.165) is 54.8 Å². The smallest absolute Gasteiger partial charge is 0.338 e. The summed E-state index contributed by atoms with van der Waals surface area (Å²) in [5.74, 6) is 4.82. The van der Waals surface area contributed by atoms with Gasteiger partial charge >= 0.3 is 5.97 Å². The monoisotopic (exact) mass is 573 g/mol. The van der Waals surface area contributed by atoms with Crippen molar-refractivity contribution in [3.63, 3.8) is 0 Å². The zero-order valence-corrected chi connectivity index (χ0v) is 27.5. The fourth-order valence-corrected chi connectivity index (χ4v) is 11.1. The van der Waals surface area contributed by atoms with Gasteiger partial charge in [0.05, 0.1) is 5.56 Å². The Hall–Kier alpha value is -1.61. The largest absolute Gasteiger partial charge is 0.458 e. The molecule has 1 aliphatic heterocycles. The summed E-state index contributed by atoms with van der Waals surface area (Å²) >= 11 is 0. The van der Waals surface area contributed by atoms with Gasteiger partial charge in [0.2, 0.25) is 0 Å². The molecule has 42 heavy (non-hydrogen) atoms. The van der Waals surface area contributed by atoms with Gasteiger partial charge in [-0.15, -0.1) is 0 Å². The summed E-state index contributed by atoms with van der Waals surface area (Å²) < 4.78 is 6.17. The van der Waals surface area contributed by atoms with Crippen LogP contribution in [0.1, 0.15) is 128 Å². The van der Waals surface area contributed by atoms with Gasteiger partial charge in [-0.2, -0.15) is 0 Å². The maximum Gasteiger partial charge on any atom is 0.338 e. The van der Waals surface area contributed by atoms with E-state index in [1.165, 1.54) is 77.3 Å². The second-order valence-electron chi connectivity index (χ2n) is 16.2. The quantitative estimate of drug-likeness (QED) is 0.229. The fraction of sp³-hybridized carbons (Fsp3) is 0.769. The van der Waals surface area contributed by atoms with Gasteiger partial charge in [0.15, 0.2) is 0 Å². The summed E-state index contributed by atoms with van der Waals surface area (Å²) in [6, 6.07) is 10.1. The lowest BCUT2D eigenvalue weighted by Crippen LogP contribution is -2.59. The molecule has 1 saturated heterocycles. The van der Waals surface area contributed by atoms with Crippen molar-refractivity contribution in [2.75, 3.05) is 13.1 Å². The summed E-state index contributed by atoms with van der Waals surface area (Å²) in [5, 5.41) is 0. The molecule has 4 aliphatic carbocycles. The number of carbonyl (C=O) groups is 1. The molecule has 1 aromatic rings. The van der Waals surface area contributed by atoms with Gasteiger partial charge in [0, 0.05) is 12.5 Å². The SMILES string of the molecule is CC(C)CCCC(C)C1CCC2C3C(CCC12C)C1(C)CCC(OC(=O)c2ccccc2)CC1=C[C@H]3N1CCCCC1. The molecule has 5 aliphatic rings. The predicted octanol–water partition coefficient (Wildman–Crippen LogP) is 9.72. The number of likely N-dealkylation sites (tertiary alicyclic amines) is 1. The molecule has 0 amide bonds. The van der Waals surface area contributed by atoms with Crippen molar-refractivity contribution < 1.29 is 9.53 Å². The van der Waals surface area contributed by atoms with E-state index in [2.05, 4.69) is 45.6 Å². The lowest BCUT2D eigenvalue weighted by molar-refractivity contribution is -0.0881. The van der Waals surface area contributed by atoms with E-state index in [1.54, 1.807) is 5.57 Å². The third-order valence-corrected chi connectivity index (χ3v) is 13.4. The average molecular weight is 574 g/mol. The van der Waals surface area contributed by atoms with Crippen LogP contribution in [0.3, 0.4) is 0 Å². The Morgan fingerprint density at radius 2 is 1.69 bits per heavy atom. The molecule has 0 bridgehead atoms. The molecule has 6 rings (SSSR count). The molecule has 3 saturated carbocycles. The molecule has 0 radical (unpaired) electrons. The van der Waals surface area contributed by atoms with E-state index < -0.39 is 0 Å². The van der Waals surface area contributed by atoms with Crippen LogP contribution in [0.4, 0.5) is 0 Å². The Morgan fingerprint density at radius 1 is 0.929 bits per heavy atom. The van der Waals surface area contributed by atoms with Crippen molar-refractivity contribution in [2.45, 2.75) is 130 Å². The van der Waals surface area contributed by atoms with Gasteiger partial charge in [-0.25, -0.2) is 4.79 Å². The van der Waals surface area contributed by atoms with Gasteiger partial charge in [0.1, 0.15) is 6.10 Å². The van der Waals surface area contributed by atoms with Crippen LogP contribution >= 0.6 is 0 Å². The number of hydrogen-bond acceptors (Lipinski definition) is 3.